The lowest BCUT2D eigenvalue weighted by Crippen LogP contribution is -2.31. The monoisotopic (exact) mass is 399 g/mol. The van der Waals surface area contributed by atoms with E-state index in [1.165, 1.54) is 4.31 Å². The highest BCUT2D eigenvalue weighted by Crippen LogP contribution is 2.30. The van der Waals surface area contributed by atoms with E-state index in [-0.39, 0.29) is 11.4 Å². The van der Waals surface area contributed by atoms with Crippen molar-refractivity contribution in [2.75, 3.05) is 4.31 Å². The smallest absolute Gasteiger partial charge is 0.262 e. The molecule has 3 rings (SSSR count). The van der Waals surface area contributed by atoms with Gasteiger partial charge in [0.1, 0.15) is 0 Å². The summed E-state index contributed by atoms with van der Waals surface area (Å²) in [5.41, 5.74) is 4.51. The fourth-order valence-electron chi connectivity index (χ4n) is 2.94. The van der Waals surface area contributed by atoms with Gasteiger partial charge in [0, 0.05) is 5.02 Å². The molecule has 0 heterocycles. The molecule has 0 unspecified atom stereocenters. The SMILES string of the molecule is Cc1ccc(S(=O)(=O)N(Cc2cccc(Cl)c2)c2cccc(C)c2C)cc1. The molecule has 0 saturated carbocycles. The van der Waals surface area contributed by atoms with Gasteiger partial charge in [0.15, 0.2) is 0 Å². The number of hydrogen-bond donors (Lipinski definition) is 0. The van der Waals surface area contributed by atoms with Crippen molar-refractivity contribution in [3.63, 3.8) is 0 Å². The topological polar surface area (TPSA) is 37.4 Å². The van der Waals surface area contributed by atoms with E-state index in [9.17, 15) is 8.42 Å². The minimum atomic E-state index is -3.73. The molecule has 0 amide bonds. The Kier molecular flexibility index (Phi) is 5.59. The first-order valence-corrected chi connectivity index (χ1v) is 10.5. The minimum absolute atomic E-state index is 0.209. The van der Waals surface area contributed by atoms with Crippen LogP contribution in [0.25, 0.3) is 0 Å². The van der Waals surface area contributed by atoms with Gasteiger partial charge in [0.25, 0.3) is 10.0 Å². The summed E-state index contributed by atoms with van der Waals surface area (Å²) in [5.74, 6) is 0. The average Bonchev–Trinajstić information content (AvgIpc) is 2.63. The van der Waals surface area contributed by atoms with Crippen molar-refractivity contribution in [2.24, 2.45) is 0 Å². The Labute approximate surface area is 166 Å². The largest absolute Gasteiger partial charge is 0.264 e. The second-order valence-electron chi connectivity index (χ2n) is 6.67. The molecule has 0 fully saturated rings. The van der Waals surface area contributed by atoms with Crippen molar-refractivity contribution in [2.45, 2.75) is 32.2 Å². The zero-order valence-corrected chi connectivity index (χ0v) is 17.2. The number of rotatable bonds is 5. The molecular formula is C22H22ClNO2S. The van der Waals surface area contributed by atoms with Gasteiger partial charge in [-0.1, -0.05) is 53.6 Å². The quantitative estimate of drug-likeness (QED) is 0.555. The highest BCUT2D eigenvalue weighted by Gasteiger charge is 2.26. The fraction of sp³-hybridized carbons (Fsp3) is 0.182. The van der Waals surface area contributed by atoms with Crippen LogP contribution in [0.1, 0.15) is 22.3 Å². The van der Waals surface area contributed by atoms with Crippen molar-refractivity contribution in [1.29, 1.82) is 0 Å². The molecule has 27 heavy (non-hydrogen) atoms. The van der Waals surface area contributed by atoms with Crippen molar-refractivity contribution >= 4 is 27.3 Å². The summed E-state index contributed by atoms with van der Waals surface area (Å²) < 4.78 is 28.4. The van der Waals surface area contributed by atoms with Gasteiger partial charge in [-0.15, -0.1) is 0 Å². The summed E-state index contributed by atoms with van der Waals surface area (Å²) in [4.78, 5) is 0.274. The third kappa shape index (κ3) is 4.18. The molecule has 0 aromatic heterocycles. The Bertz CT molecular complexity index is 1060. The van der Waals surface area contributed by atoms with E-state index in [2.05, 4.69) is 0 Å². The Balaban J connectivity index is 2.14. The molecule has 0 aliphatic carbocycles. The van der Waals surface area contributed by atoms with E-state index >= 15 is 0 Å². The van der Waals surface area contributed by atoms with Crippen LogP contribution >= 0.6 is 11.6 Å². The molecule has 0 aliphatic rings. The predicted molar refractivity (Wildman–Crippen MR) is 112 cm³/mol. The maximum atomic E-state index is 13.5. The van der Waals surface area contributed by atoms with Crippen molar-refractivity contribution in [3.8, 4) is 0 Å². The van der Waals surface area contributed by atoms with E-state index in [0.29, 0.717) is 10.7 Å². The lowest BCUT2D eigenvalue weighted by Gasteiger charge is -2.27. The lowest BCUT2D eigenvalue weighted by molar-refractivity contribution is 0.590. The summed E-state index contributed by atoms with van der Waals surface area (Å²) in [7, 11) is -3.73. The summed E-state index contributed by atoms with van der Waals surface area (Å²) in [6, 6.07) is 19.9. The Hall–Kier alpha value is -2.30. The third-order valence-electron chi connectivity index (χ3n) is 4.67. The van der Waals surface area contributed by atoms with Gasteiger partial charge in [-0.25, -0.2) is 8.42 Å². The molecule has 0 bridgehead atoms. The van der Waals surface area contributed by atoms with Crippen LogP contribution in [0.4, 0.5) is 5.69 Å². The van der Waals surface area contributed by atoms with Crippen LogP contribution in [-0.2, 0) is 16.6 Å². The first-order valence-electron chi connectivity index (χ1n) is 8.69. The highest BCUT2D eigenvalue weighted by molar-refractivity contribution is 7.92. The lowest BCUT2D eigenvalue weighted by atomic mass is 10.1. The number of nitrogens with zero attached hydrogens (tertiary/aromatic N) is 1. The van der Waals surface area contributed by atoms with Crippen LogP contribution < -0.4 is 4.31 Å². The zero-order chi connectivity index (χ0) is 19.6. The van der Waals surface area contributed by atoms with E-state index in [4.69, 9.17) is 11.6 Å². The molecule has 0 N–H and O–H groups in total. The summed E-state index contributed by atoms with van der Waals surface area (Å²) in [5, 5.41) is 0.584. The summed E-state index contributed by atoms with van der Waals surface area (Å²) in [6.07, 6.45) is 0. The van der Waals surface area contributed by atoms with Gasteiger partial charge in [-0.3, -0.25) is 4.31 Å². The fourth-order valence-corrected chi connectivity index (χ4v) is 4.67. The Morgan fingerprint density at radius 2 is 1.56 bits per heavy atom. The van der Waals surface area contributed by atoms with E-state index in [1.54, 1.807) is 24.3 Å². The van der Waals surface area contributed by atoms with Crippen LogP contribution in [0.15, 0.2) is 71.6 Å². The van der Waals surface area contributed by atoms with Crippen LogP contribution in [0.5, 0.6) is 0 Å². The molecule has 140 valence electrons. The summed E-state index contributed by atoms with van der Waals surface area (Å²) >= 11 is 6.11. The highest BCUT2D eigenvalue weighted by atomic mass is 35.5. The number of aryl methyl sites for hydroxylation is 2. The molecule has 0 spiro atoms. The maximum Gasteiger partial charge on any atom is 0.264 e. The molecule has 5 heteroatoms. The predicted octanol–water partition coefficient (Wildman–Crippen LogP) is 5.66. The van der Waals surface area contributed by atoms with Gasteiger partial charge in [-0.05, 0) is 67.8 Å². The molecular weight excluding hydrogens is 378 g/mol. The Morgan fingerprint density at radius 3 is 2.22 bits per heavy atom. The van der Waals surface area contributed by atoms with Gasteiger partial charge >= 0.3 is 0 Å². The van der Waals surface area contributed by atoms with Crippen LogP contribution in [0, 0.1) is 20.8 Å². The Morgan fingerprint density at radius 1 is 0.889 bits per heavy atom. The first-order chi connectivity index (χ1) is 12.8. The standard InChI is InChI=1S/C22H22ClNO2S/c1-16-10-12-21(13-11-16)27(25,26)24(15-19-7-5-8-20(23)14-19)22-9-4-6-17(2)18(22)3/h4-14H,15H2,1-3H3. The average molecular weight is 400 g/mol. The minimum Gasteiger partial charge on any atom is -0.262 e. The van der Waals surface area contributed by atoms with Gasteiger partial charge < -0.3 is 0 Å². The molecule has 3 aromatic carbocycles. The molecule has 0 aliphatic heterocycles. The van der Waals surface area contributed by atoms with E-state index in [0.717, 1.165) is 22.3 Å². The van der Waals surface area contributed by atoms with Gasteiger partial charge in [0.05, 0.1) is 17.1 Å². The van der Waals surface area contributed by atoms with E-state index in [1.807, 2.05) is 63.2 Å². The zero-order valence-electron chi connectivity index (χ0n) is 15.6. The number of hydrogen-bond acceptors (Lipinski definition) is 2. The second-order valence-corrected chi connectivity index (χ2v) is 8.97. The second kappa shape index (κ2) is 7.75. The van der Waals surface area contributed by atoms with Crippen molar-refractivity contribution in [1.82, 2.24) is 0 Å². The number of anilines is 1. The first kappa shape index (κ1) is 19.5. The normalized spacial score (nSPS) is 11.4. The van der Waals surface area contributed by atoms with E-state index < -0.39 is 10.0 Å². The van der Waals surface area contributed by atoms with Crippen LogP contribution in [0.2, 0.25) is 5.02 Å². The molecule has 3 aromatic rings. The molecule has 0 atom stereocenters. The van der Waals surface area contributed by atoms with Crippen LogP contribution in [-0.4, -0.2) is 8.42 Å². The molecule has 0 radical (unpaired) electrons. The van der Waals surface area contributed by atoms with Crippen LogP contribution in [0.3, 0.4) is 0 Å². The number of benzene rings is 3. The van der Waals surface area contributed by atoms with Crippen molar-refractivity contribution < 1.29 is 8.42 Å². The van der Waals surface area contributed by atoms with Gasteiger partial charge in [0.2, 0.25) is 0 Å². The molecule has 0 saturated heterocycles. The van der Waals surface area contributed by atoms with Gasteiger partial charge in [-0.2, -0.15) is 0 Å². The van der Waals surface area contributed by atoms with Crippen molar-refractivity contribution in [3.05, 3.63) is 94.0 Å². The summed E-state index contributed by atoms with van der Waals surface area (Å²) in [6.45, 7) is 6.07. The number of sulfonamides is 1. The third-order valence-corrected chi connectivity index (χ3v) is 6.68. The maximum absolute atomic E-state index is 13.5. The number of halogens is 1. The molecule has 3 nitrogen and oxygen atoms in total.